The lowest BCUT2D eigenvalue weighted by Crippen LogP contribution is -2.22. The van der Waals surface area contributed by atoms with Crippen molar-refractivity contribution >= 4 is 11.9 Å². The normalized spacial score (nSPS) is 11.8. The molecule has 1 atom stereocenters. The highest BCUT2D eigenvalue weighted by Gasteiger charge is 2.26. The van der Waals surface area contributed by atoms with Crippen molar-refractivity contribution < 1.29 is 19.4 Å². The highest BCUT2D eigenvalue weighted by Crippen LogP contribution is 2.19. The van der Waals surface area contributed by atoms with Crippen molar-refractivity contribution in [2.75, 3.05) is 7.11 Å². The first-order valence-corrected chi connectivity index (χ1v) is 4.18. The molecule has 0 saturated heterocycles. The van der Waals surface area contributed by atoms with Gasteiger partial charge in [0, 0.05) is 0 Å². The van der Waals surface area contributed by atoms with Gasteiger partial charge in [-0.05, 0) is 17.7 Å². The van der Waals surface area contributed by atoms with Crippen LogP contribution in [0.4, 0.5) is 0 Å². The Balaban J connectivity index is 3.02. The first-order chi connectivity index (χ1) is 7.06. The Morgan fingerprint density at radius 3 is 2.20 bits per heavy atom. The van der Waals surface area contributed by atoms with Crippen LogP contribution in [-0.2, 0) is 9.59 Å². The van der Waals surface area contributed by atoms with E-state index >= 15 is 0 Å². The minimum atomic E-state index is -1.42. The summed E-state index contributed by atoms with van der Waals surface area (Å²) >= 11 is 0. The maximum Gasteiger partial charge on any atom is 0.320 e. The average Bonchev–Trinajstić information content (AvgIpc) is 2.18. The predicted molar refractivity (Wildman–Crippen MR) is 51.5 cm³/mol. The third-order valence-corrected chi connectivity index (χ3v) is 1.96. The molecule has 0 fully saturated rings. The van der Waals surface area contributed by atoms with Crippen LogP contribution in [0.1, 0.15) is 11.5 Å². The van der Waals surface area contributed by atoms with Gasteiger partial charge < -0.3 is 9.84 Å². The molecule has 5 heteroatoms. The molecule has 1 rings (SSSR count). The van der Waals surface area contributed by atoms with E-state index in [2.05, 4.69) is 0 Å². The first kappa shape index (κ1) is 11.0. The molecular formula is C10H10NO4. The second-order valence-corrected chi connectivity index (χ2v) is 2.91. The fraction of sp³-hybridized carbons (Fsp3) is 0.200. The zero-order valence-corrected chi connectivity index (χ0v) is 8.06. The summed E-state index contributed by atoms with van der Waals surface area (Å²) in [5.41, 5.74) is 7.13. The fourth-order valence-corrected chi connectivity index (χ4v) is 1.20. The van der Waals surface area contributed by atoms with Gasteiger partial charge in [0.1, 0.15) is 5.75 Å². The van der Waals surface area contributed by atoms with E-state index in [1.54, 1.807) is 12.1 Å². The Morgan fingerprint density at radius 2 is 1.87 bits per heavy atom. The lowest BCUT2D eigenvalue weighted by molar-refractivity contribution is -0.142. The quantitative estimate of drug-likeness (QED) is 0.736. The summed E-state index contributed by atoms with van der Waals surface area (Å²) in [5.74, 6) is -3.30. The smallest absolute Gasteiger partial charge is 0.320 e. The molecule has 0 aliphatic heterocycles. The Labute approximate surface area is 86.5 Å². The number of carboxylic acid groups (broad SMARTS) is 1. The average molecular weight is 208 g/mol. The van der Waals surface area contributed by atoms with Crippen molar-refractivity contribution in [2.24, 2.45) is 0 Å². The number of ether oxygens (including phenoxy) is 1. The maximum absolute atomic E-state index is 10.8. The third kappa shape index (κ3) is 2.46. The molecule has 1 aromatic carbocycles. The fourth-order valence-electron chi connectivity index (χ4n) is 1.20. The molecule has 0 aliphatic rings. The number of hydrogen-bond donors (Lipinski definition) is 1. The van der Waals surface area contributed by atoms with Gasteiger partial charge in [0.25, 0.3) is 5.91 Å². The van der Waals surface area contributed by atoms with Crippen molar-refractivity contribution in [3.63, 3.8) is 0 Å². The third-order valence-electron chi connectivity index (χ3n) is 1.96. The molecule has 0 spiro atoms. The number of aliphatic carboxylic acids is 1. The molecule has 1 unspecified atom stereocenters. The highest BCUT2D eigenvalue weighted by atomic mass is 16.5. The molecule has 15 heavy (non-hydrogen) atoms. The summed E-state index contributed by atoms with van der Waals surface area (Å²) in [6.45, 7) is 0. The minimum absolute atomic E-state index is 0.281. The van der Waals surface area contributed by atoms with Crippen molar-refractivity contribution in [3.8, 4) is 5.75 Å². The molecule has 5 nitrogen and oxygen atoms in total. The molecule has 0 heterocycles. The Morgan fingerprint density at radius 1 is 1.33 bits per heavy atom. The van der Waals surface area contributed by atoms with Gasteiger partial charge in [-0.2, -0.15) is 0 Å². The van der Waals surface area contributed by atoms with E-state index in [-0.39, 0.29) is 5.56 Å². The van der Waals surface area contributed by atoms with Crippen LogP contribution < -0.4 is 10.5 Å². The Kier molecular flexibility index (Phi) is 3.28. The van der Waals surface area contributed by atoms with Crippen LogP contribution in [-0.4, -0.2) is 24.1 Å². The lowest BCUT2D eigenvalue weighted by atomic mass is 9.99. The van der Waals surface area contributed by atoms with Crippen LogP contribution in [0.15, 0.2) is 24.3 Å². The van der Waals surface area contributed by atoms with Gasteiger partial charge in [-0.1, -0.05) is 12.1 Å². The van der Waals surface area contributed by atoms with Gasteiger partial charge in [-0.3, -0.25) is 15.3 Å². The molecule has 79 valence electrons. The number of methoxy groups -OCH3 is 1. The Bertz CT molecular complexity index is 358. The molecule has 2 N–H and O–H groups in total. The standard InChI is InChI=1S/C10H10NO4/c1-15-7-4-2-6(3-5-7)8(9(11)12)10(13)14/h2-5,8,11H,1H3,(H,13,14). The zero-order valence-electron chi connectivity index (χ0n) is 8.06. The van der Waals surface area contributed by atoms with E-state index in [4.69, 9.17) is 15.6 Å². The van der Waals surface area contributed by atoms with Gasteiger partial charge >= 0.3 is 5.97 Å². The number of rotatable bonds is 4. The number of carbonyl (C=O) groups is 2. The van der Waals surface area contributed by atoms with Crippen LogP contribution in [0.5, 0.6) is 5.75 Å². The van der Waals surface area contributed by atoms with Crippen LogP contribution in [0.3, 0.4) is 0 Å². The van der Waals surface area contributed by atoms with E-state index in [0.717, 1.165) is 0 Å². The molecule has 0 aliphatic carbocycles. The molecule has 0 bridgehead atoms. The Hall–Kier alpha value is -2.04. The van der Waals surface area contributed by atoms with Crippen LogP contribution in [0.25, 0.3) is 0 Å². The molecule has 0 aromatic heterocycles. The summed E-state index contributed by atoms with van der Waals surface area (Å²) in [7, 11) is 1.49. The zero-order chi connectivity index (χ0) is 11.4. The number of nitrogens with one attached hydrogen (secondary N) is 1. The van der Waals surface area contributed by atoms with Gasteiger partial charge in [0.15, 0.2) is 5.92 Å². The van der Waals surface area contributed by atoms with Gasteiger partial charge in [0.05, 0.1) is 7.11 Å². The molecule has 1 amide bonds. The summed E-state index contributed by atoms with van der Waals surface area (Å²) in [5, 5.41) is 8.75. The first-order valence-electron chi connectivity index (χ1n) is 4.18. The summed E-state index contributed by atoms with van der Waals surface area (Å²) in [6.07, 6.45) is 0. The number of hydrogen-bond acceptors (Lipinski definition) is 3. The van der Waals surface area contributed by atoms with Crippen molar-refractivity contribution in [1.82, 2.24) is 5.73 Å². The van der Waals surface area contributed by atoms with E-state index in [9.17, 15) is 9.59 Å². The molecular weight excluding hydrogens is 198 g/mol. The molecule has 1 aromatic rings. The number of benzene rings is 1. The van der Waals surface area contributed by atoms with E-state index in [0.29, 0.717) is 5.75 Å². The number of carboxylic acids is 1. The second-order valence-electron chi connectivity index (χ2n) is 2.91. The summed E-state index contributed by atoms with van der Waals surface area (Å²) < 4.78 is 4.89. The van der Waals surface area contributed by atoms with Crippen LogP contribution in [0.2, 0.25) is 0 Å². The van der Waals surface area contributed by atoms with Gasteiger partial charge in [-0.25, -0.2) is 0 Å². The van der Waals surface area contributed by atoms with Crippen LogP contribution in [0, 0.1) is 0 Å². The minimum Gasteiger partial charge on any atom is -0.497 e. The summed E-state index contributed by atoms with van der Waals surface area (Å²) in [4.78, 5) is 21.5. The van der Waals surface area contributed by atoms with Crippen molar-refractivity contribution in [2.45, 2.75) is 5.92 Å². The second kappa shape index (κ2) is 4.45. The molecule has 1 radical (unpaired) electrons. The number of carbonyl (C=O) groups excluding carboxylic acids is 1. The van der Waals surface area contributed by atoms with Gasteiger partial charge in [0.2, 0.25) is 0 Å². The van der Waals surface area contributed by atoms with E-state index in [1.807, 2.05) is 0 Å². The lowest BCUT2D eigenvalue weighted by Gasteiger charge is -2.08. The molecule has 0 saturated carbocycles. The van der Waals surface area contributed by atoms with Crippen molar-refractivity contribution in [1.29, 1.82) is 0 Å². The number of amides is 1. The maximum atomic E-state index is 10.8. The van der Waals surface area contributed by atoms with E-state index < -0.39 is 17.8 Å². The van der Waals surface area contributed by atoms with Crippen LogP contribution >= 0.6 is 0 Å². The van der Waals surface area contributed by atoms with E-state index in [1.165, 1.54) is 19.2 Å². The summed E-state index contributed by atoms with van der Waals surface area (Å²) in [6, 6.07) is 6.02. The SMILES string of the molecule is COc1ccc(C(C([NH])=O)C(=O)O)cc1. The monoisotopic (exact) mass is 208 g/mol. The van der Waals surface area contributed by atoms with Gasteiger partial charge in [-0.15, -0.1) is 0 Å². The van der Waals surface area contributed by atoms with Crippen molar-refractivity contribution in [3.05, 3.63) is 29.8 Å². The topological polar surface area (TPSA) is 87.4 Å². The largest absolute Gasteiger partial charge is 0.497 e. The highest BCUT2D eigenvalue weighted by molar-refractivity contribution is 6.01. The predicted octanol–water partition coefficient (Wildman–Crippen LogP) is 0.673.